The van der Waals surface area contributed by atoms with Gasteiger partial charge in [-0.3, -0.25) is 0 Å². The van der Waals surface area contributed by atoms with Crippen LogP contribution in [0.2, 0.25) is 0 Å². The molecule has 0 amide bonds. The second-order valence-corrected chi connectivity index (χ2v) is 3.17. The summed E-state index contributed by atoms with van der Waals surface area (Å²) >= 11 is 2.95. The van der Waals surface area contributed by atoms with E-state index in [-0.39, 0.29) is 10.7 Å². The van der Waals surface area contributed by atoms with Crippen LogP contribution in [0.1, 0.15) is 0 Å². The van der Waals surface area contributed by atoms with Gasteiger partial charge in [-0.05, 0) is 18.2 Å². The van der Waals surface area contributed by atoms with Gasteiger partial charge in [0.25, 0.3) is 4.80 Å². The average Bonchev–Trinajstić information content (AvgIpc) is 2.57. The van der Waals surface area contributed by atoms with E-state index in [0.717, 1.165) is 12.1 Å². The third-order valence-corrected chi connectivity index (χ3v) is 1.89. The molecule has 0 aliphatic rings. The third-order valence-electron chi connectivity index (χ3n) is 1.57. The first-order valence-electron chi connectivity index (χ1n) is 3.61. The molecule has 0 spiro atoms. The Kier molecular flexibility index (Phi) is 2.28. The van der Waals surface area contributed by atoms with Gasteiger partial charge < -0.3 is 4.42 Å². The van der Waals surface area contributed by atoms with Crippen molar-refractivity contribution in [1.82, 2.24) is 10.2 Å². The largest absolute Gasteiger partial charge is 0.411 e. The molecule has 0 saturated carbocycles. The van der Waals surface area contributed by atoms with Gasteiger partial charge in [0, 0.05) is 21.5 Å². The highest BCUT2D eigenvalue weighted by atomic mass is 79.9. The summed E-state index contributed by atoms with van der Waals surface area (Å²) < 4.78 is 30.3. The zero-order valence-electron chi connectivity index (χ0n) is 6.67. The van der Waals surface area contributed by atoms with Crippen LogP contribution >= 0.6 is 15.9 Å². The summed E-state index contributed by atoms with van der Waals surface area (Å²) in [5.74, 6) is -1.72. The summed E-state index contributed by atoms with van der Waals surface area (Å²) in [5, 5.41) is 7.13. The Morgan fingerprint density at radius 1 is 1.14 bits per heavy atom. The van der Waals surface area contributed by atoms with E-state index in [1.165, 1.54) is 6.07 Å². The van der Waals surface area contributed by atoms with Crippen LogP contribution in [0, 0.1) is 11.6 Å². The SMILES string of the molecule is Fc1ccc(-c2nnc(Br)o2)cc1F. The number of hydrogen-bond acceptors (Lipinski definition) is 3. The zero-order chi connectivity index (χ0) is 10.1. The van der Waals surface area contributed by atoms with Crippen molar-refractivity contribution in [2.24, 2.45) is 0 Å². The maximum Gasteiger partial charge on any atom is 0.285 e. The van der Waals surface area contributed by atoms with Crippen molar-refractivity contribution in [2.75, 3.05) is 0 Å². The Morgan fingerprint density at radius 2 is 1.93 bits per heavy atom. The maximum atomic E-state index is 12.8. The number of aromatic nitrogens is 2. The molecule has 72 valence electrons. The molecule has 1 aromatic carbocycles. The zero-order valence-corrected chi connectivity index (χ0v) is 8.25. The number of halogens is 3. The quantitative estimate of drug-likeness (QED) is 0.792. The normalized spacial score (nSPS) is 10.5. The fraction of sp³-hybridized carbons (Fsp3) is 0. The number of benzene rings is 1. The van der Waals surface area contributed by atoms with Crippen LogP contribution in [-0.4, -0.2) is 10.2 Å². The van der Waals surface area contributed by atoms with E-state index in [0.29, 0.717) is 5.56 Å². The van der Waals surface area contributed by atoms with Crippen molar-refractivity contribution in [3.8, 4) is 11.5 Å². The van der Waals surface area contributed by atoms with E-state index >= 15 is 0 Å². The topological polar surface area (TPSA) is 38.9 Å². The van der Waals surface area contributed by atoms with Crippen LogP contribution < -0.4 is 0 Å². The molecule has 0 aliphatic heterocycles. The van der Waals surface area contributed by atoms with Crippen molar-refractivity contribution in [3.05, 3.63) is 34.6 Å². The van der Waals surface area contributed by atoms with Crippen LogP contribution in [0.5, 0.6) is 0 Å². The molecule has 3 nitrogen and oxygen atoms in total. The molecule has 2 aromatic rings. The molecule has 1 aromatic heterocycles. The lowest BCUT2D eigenvalue weighted by atomic mass is 10.2. The lowest BCUT2D eigenvalue weighted by molar-refractivity contribution is 0.506. The fourth-order valence-corrected chi connectivity index (χ4v) is 1.18. The van der Waals surface area contributed by atoms with Crippen molar-refractivity contribution in [1.29, 1.82) is 0 Å². The van der Waals surface area contributed by atoms with E-state index < -0.39 is 11.6 Å². The predicted molar refractivity (Wildman–Crippen MR) is 47.3 cm³/mol. The molecule has 0 unspecified atom stereocenters. The van der Waals surface area contributed by atoms with Gasteiger partial charge >= 0.3 is 0 Å². The number of nitrogens with zero attached hydrogens (tertiary/aromatic N) is 2. The van der Waals surface area contributed by atoms with Gasteiger partial charge in [-0.2, -0.15) is 0 Å². The summed E-state index contributed by atoms with van der Waals surface area (Å²) in [6.45, 7) is 0. The van der Waals surface area contributed by atoms with E-state index in [4.69, 9.17) is 4.42 Å². The molecule has 0 radical (unpaired) electrons. The molecule has 0 aliphatic carbocycles. The van der Waals surface area contributed by atoms with Gasteiger partial charge in [0.2, 0.25) is 5.89 Å². The summed E-state index contributed by atoms with van der Waals surface area (Å²) in [5.41, 5.74) is 0.335. The van der Waals surface area contributed by atoms with Gasteiger partial charge in [-0.25, -0.2) is 8.78 Å². The Bertz CT molecular complexity index is 472. The second kappa shape index (κ2) is 3.45. The fourth-order valence-electron chi connectivity index (χ4n) is 0.951. The molecule has 0 saturated heterocycles. The first-order valence-corrected chi connectivity index (χ1v) is 4.40. The summed E-state index contributed by atoms with van der Waals surface area (Å²) in [6.07, 6.45) is 0. The summed E-state index contributed by atoms with van der Waals surface area (Å²) in [4.78, 5) is 0.192. The second-order valence-electron chi connectivity index (χ2n) is 2.49. The Morgan fingerprint density at radius 3 is 2.50 bits per heavy atom. The molecule has 6 heteroatoms. The van der Waals surface area contributed by atoms with E-state index in [9.17, 15) is 8.78 Å². The lowest BCUT2D eigenvalue weighted by Crippen LogP contribution is -1.85. The van der Waals surface area contributed by atoms with Gasteiger partial charge in [-0.1, -0.05) is 0 Å². The predicted octanol–water partition coefficient (Wildman–Crippen LogP) is 2.78. The first kappa shape index (κ1) is 9.26. The molecule has 0 bridgehead atoms. The Labute approximate surface area is 85.9 Å². The summed E-state index contributed by atoms with van der Waals surface area (Å²) in [6, 6.07) is 3.36. The highest BCUT2D eigenvalue weighted by molar-refractivity contribution is 9.10. The maximum absolute atomic E-state index is 12.8. The lowest BCUT2D eigenvalue weighted by Gasteiger charge is -1.95. The molecule has 0 fully saturated rings. The van der Waals surface area contributed by atoms with Crippen molar-refractivity contribution in [2.45, 2.75) is 0 Å². The number of hydrogen-bond donors (Lipinski definition) is 0. The van der Waals surface area contributed by atoms with E-state index in [1.54, 1.807) is 0 Å². The standard InChI is InChI=1S/C8H3BrF2N2O/c9-8-13-12-7(14-8)4-1-2-5(10)6(11)3-4/h1-3H. The van der Waals surface area contributed by atoms with Crippen molar-refractivity contribution >= 4 is 15.9 Å². The van der Waals surface area contributed by atoms with Gasteiger partial charge in [-0.15, -0.1) is 10.2 Å². The Hall–Kier alpha value is -1.30. The molecule has 14 heavy (non-hydrogen) atoms. The molecule has 1 heterocycles. The van der Waals surface area contributed by atoms with E-state index in [1.807, 2.05) is 0 Å². The minimum atomic E-state index is -0.947. The monoisotopic (exact) mass is 260 g/mol. The van der Waals surface area contributed by atoms with Crippen LogP contribution in [-0.2, 0) is 0 Å². The number of rotatable bonds is 1. The van der Waals surface area contributed by atoms with Crippen LogP contribution in [0.4, 0.5) is 8.78 Å². The highest BCUT2D eigenvalue weighted by Gasteiger charge is 2.09. The van der Waals surface area contributed by atoms with Crippen LogP contribution in [0.15, 0.2) is 27.4 Å². The average molecular weight is 261 g/mol. The Balaban J connectivity index is 2.47. The summed E-state index contributed by atoms with van der Waals surface area (Å²) in [7, 11) is 0. The van der Waals surface area contributed by atoms with Gasteiger partial charge in [0.05, 0.1) is 0 Å². The van der Waals surface area contributed by atoms with Crippen molar-refractivity contribution in [3.63, 3.8) is 0 Å². The molecule has 0 N–H and O–H groups in total. The molecular formula is C8H3BrF2N2O. The highest BCUT2D eigenvalue weighted by Crippen LogP contribution is 2.21. The van der Waals surface area contributed by atoms with Crippen molar-refractivity contribution < 1.29 is 13.2 Å². The van der Waals surface area contributed by atoms with Gasteiger partial charge in [0.15, 0.2) is 11.6 Å². The van der Waals surface area contributed by atoms with E-state index in [2.05, 4.69) is 26.1 Å². The minimum absolute atomic E-state index is 0.135. The van der Waals surface area contributed by atoms with Gasteiger partial charge in [0.1, 0.15) is 0 Å². The minimum Gasteiger partial charge on any atom is -0.411 e. The smallest absolute Gasteiger partial charge is 0.285 e. The molecule has 0 atom stereocenters. The molecule has 2 rings (SSSR count). The first-order chi connectivity index (χ1) is 6.66. The third kappa shape index (κ3) is 1.65. The van der Waals surface area contributed by atoms with Crippen LogP contribution in [0.3, 0.4) is 0 Å². The molecular weight excluding hydrogens is 258 g/mol. The van der Waals surface area contributed by atoms with Crippen LogP contribution in [0.25, 0.3) is 11.5 Å².